The number of halogens is 2. The van der Waals surface area contributed by atoms with E-state index in [9.17, 15) is 13.6 Å². The zero-order valence-corrected chi connectivity index (χ0v) is 10.9. The Bertz CT molecular complexity index is 645. The average Bonchev–Trinajstić information content (AvgIpc) is 2.76. The summed E-state index contributed by atoms with van der Waals surface area (Å²) in [5.41, 5.74) is 0.160. The number of methoxy groups -OCH3 is 1. The van der Waals surface area contributed by atoms with Crippen LogP contribution in [-0.2, 0) is 18.4 Å². The smallest absolute Gasteiger partial charge is 0.356 e. The maximum Gasteiger partial charge on any atom is 0.356 e. The molecule has 0 fully saturated rings. The molecule has 2 aromatic rings. The highest BCUT2D eigenvalue weighted by Gasteiger charge is 2.16. The van der Waals surface area contributed by atoms with Crippen molar-refractivity contribution in [3.63, 3.8) is 0 Å². The number of hydrogen-bond acceptors (Lipinski definition) is 3. The largest absolute Gasteiger partial charge is 0.476 e. The minimum absolute atomic E-state index is 0.170. The van der Waals surface area contributed by atoms with Crippen LogP contribution in [0.1, 0.15) is 16.1 Å². The Morgan fingerprint density at radius 2 is 1.95 bits per heavy atom. The first-order valence-corrected chi connectivity index (χ1v) is 5.68. The van der Waals surface area contributed by atoms with Gasteiger partial charge in [0, 0.05) is 25.3 Å². The normalized spacial score (nSPS) is 10.8. The number of benzene rings is 1. The fourth-order valence-electron chi connectivity index (χ4n) is 1.88. The number of aromatic carboxylic acids is 1. The Labute approximate surface area is 113 Å². The molecule has 0 radical (unpaired) electrons. The van der Waals surface area contributed by atoms with E-state index in [1.54, 1.807) is 0 Å². The Morgan fingerprint density at radius 3 is 2.40 bits per heavy atom. The van der Waals surface area contributed by atoms with E-state index in [1.165, 1.54) is 24.9 Å². The fourth-order valence-corrected chi connectivity index (χ4v) is 1.88. The van der Waals surface area contributed by atoms with Gasteiger partial charge in [-0.25, -0.2) is 13.6 Å². The summed E-state index contributed by atoms with van der Waals surface area (Å²) in [7, 11) is 2.84. The first-order valence-electron chi connectivity index (χ1n) is 5.68. The van der Waals surface area contributed by atoms with Crippen LogP contribution in [0.3, 0.4) is 0 Å². The Morgan fingerprint density at radius 1 is 1.35 bits per heavy atom. The minimum Gasteiger partial charge on any atom is -0.476 e. The van der Waals surface area contributed by atoms with Crippen LogP contribution >= 0.6 is 0 Å². The summed E-state index contributed by atoms with van der Waals surface area (Å²) in [6.07, 6.45) is 0. The molecule has 1 N–H and O–H groups in total. The summed E-state index contributed by atoms with van der Waals surface area (Å²) in [6, 6.07) is 3.51. The van der Waals surface area contributed by atoms with E-state index in [0.717, 1.165) is 12.1 Å². The fraction of sp³-hybridized carbons (Fsp3) is 0.231. The molecule has 7 heteroatoms. The van der Waals surface area contributed by atoms with E-state index in [-0.39, 0.29) is 23.4 Å². The molecule has 20 heavy (non-hydrogen) atoms. The molecule has 0 aliphatic carbocycles. The van der Waals surface area contributed by atoms with Crippen molar-refractivity contribution in [1.82, 2.24) is 9.78 Å². The highest BCUT2D eigenvalue weighted by Crippen LogP contribution is 2.25. The summed E-state index contributed by atoms with van der Waals surface area (Å²) in [6.45, 7) is -0.177. The molecule has 0 saturated heterocycles. The molecule has 5 nitrogen and oxygen atoms in total. The molecule has 0 aliphatic heterocycles. The number of nitrogens with zero attached hydrogens (tertiary/aromatic N) is 2. The van der Waals surface area contributed by atoms with E-state index in [0.29, 0.717) is 5.69 Å². The van der Waals surface area contributed by atoms with E-state index in [2.05, 4.69) is 5.10 Å². The van der Waals surface area contributed by atoms with E-state index >= 15 is 0 Å². The Kier molecular flexibility index (Phi) is 3.80. The summed E-state index contributed by atoms with van der Waals surface area (Å²) in [4.78, 5) is 10.8. The van der Waals surface area contributed by atoms with Crippen molar-refractivity contribution < 1.29 is 23.4 Å². The van der Waals surface area contributed by atoms with Gasteiger partial charge in [-0.2, -0.15) is 5.10 Å². The second-order valence-electron chi connectivity index (χ2n) is 4.20. The molecule has 0 amide bonds. The number of aromatic nitrogens is 2. The predicted octanol–water partition coefficient (Wildman–Crippen LogP) is 2.21. The molecule has 0 saturated carbocycles. The molecule has 106 valence electrons. The van der Waals surface area contributed by atoms with Crippen molar-refractivity contribution in [2.45, 2.75) is 6.61 Å². The summed E-state index contributed by atoms with van der Waals surface area (Å²) in [5, 5.41) is 12.6. The van der Waals surface area contributed by atoms with E-state index in [4.69, 9.17) is 9.84 Å². The van der Waals surface area contributed by atoms with Gasteiger partial charge in [0.15, 0.2) is 5.69 Å². The molecular weight excluding hydrogens is 270 g/mol. The zero-order valence-electron chi connectivity index (χ0n) is 10.9. The van der Waals surface area contributed by atoms with Crippen molar-refractivity contribution >= 4 is 5.97 Å². The van der Waals surface area contributed by atoms with Crippen LogP contribution in [-0.4, -0.2) is 28.0 Å². The first-order chi connectivity index (χ1) is 9.43. The highest BCUT2D eigenvalue weighted by atomic mass is 19.1. The number of rotatable bonds is 4. The van der Waals surface area contributed by atoms with Crippen LogP contribution in [0.25, 0.3) is 11.3 Å². The molecule has 1 aromatic carbocycles. The Balaban J connectivity index is 2.51. The van der Waals surface area contributed by atoms with Crippen LogP contribution in [0.2, 0.25) is 0 Å². The number of hydrogen-bond donors (Lipinski definition) is 1. The van der Waals surface area contributed by atoms with Crippen molar-refractivity contribution in [2.75, 3.05) is 7.11 Å². The molecule has 1 aromatic heterocycles. The van der Waals surface area contributed by atoms with Gasteiger partial charge in [-0.1, -0.05) is 0 Å². The lowest BCUT2D eigenvalue weighted by molar-refractivity contribution is 0.0689. The minimum atomic E-state index is -1.20. The van der Waals surface area contributed by atoms with E-state index in [1.807, 2.05) is 0 Å². The summed E-state index contributed by atoms with van der Waals surface area (Å²) >= 11 is 0. The lowest BCUT2D eigenvalue weighted by Gasteiger charge is -2.07. The summed E-state index contributed by atoms with van der Waals surface area (Å²) < 4.78 is 33.6. The molecule has 0 spiro atoms. The highest BCUT2D eigenvalue weighted by molar-refractivity contribution is 5.87. The van der Waals surface area contributed by atoms with Crippen LogP contribution in [0.15, 0.2) is 18.2 Å². The number of carboxylic acids is 1. The third-order valence-corrected chi connectivity index (χ3v) is 2.82. The molecule has 0 bridgehead atoms. The van der Waals surface area contributed by atoms with E-state index < -0.39 is 17.6 Å². The monoisotopic (exact) mass is 282 g/mol. The van der Waals surface area contributed by atoms with Gasteiger partial charge in [0.05, 0.1) is 12.3 Å². The predicted molar refractivity (Wildman–Crippen MR) is 66.2 cm³/mol. The topological polar surface area (TPSA) is 64.3 Å². The standard InChI is InChI=1S/C13H12F2N2O3/c1-17-12(5-11(16-17)13(18)19)7-3-9(14)8(6-20-2)10(15)4-7/h3-5H,6H2,1-2H3,(H,18,19). The molecule has 0 unspecified atom stereocenters. The van der Waals surface area contributed by atoms with Gasteiger partial charge in [-0.3, -0.25) is 4.68 Å². The van der Waals surface area contributed by atoms with Crippen molar-refractivity contribution in [2.24, 2.45) is 7.05 Å². The number of carboxylic acid groups (broad SMARTS) is 1. The Hall–Kier alpha value is -2.28. The first kappa shape index (κ1) is 14.1. The third-order valence-electron chi connectivity index (χ3n) is 2.82. The number of carbonyl (C=O) groups is 1. The number of ether oxygens (including phenoxy) is 1. The molecule has 2 rings (SSSR count). The molecule has 0 aliphatic rings. The number of aryl methyl sites for hydroxylation is 1. The third kappa shape index (κ3) is 2.53. The van der Waals surface area contributed by atoms with Gasteiger partial charge < -0.3 is 9.84 Å². The van der Waals surface area contributed by atoms with Crippen LogP contribution < -0.4 is 0 Å². The van der Waals surface area contributed by atoms with Gasteiger partial charge in [-0.05, 0) is 18.2 Å². The summed E-state index contributed by atoms with van der Waals surface area (Å²) in [5.74, 6) is -2.70. The second kappa shape index (κ2) is 5.38. The molecular formula is C13H12F2N2O3. The van der Waals surface area contributed by atoms with Crippen molar-refractivity contribution in [1.29, 1.82) is 0 Å². The van der Waals surface area contributed by atoms with Crippen LogP contribution in [0, 0.1) is 11.6 Å². The van der Waals surface area contributed by atoms with Crippen LogP contribution in [0.5, 0.6) is 0 Å². The SMILES string of the molecule is COCc1c(F)cc(-c2cc(C(=O)O)nn2C)cc1F. The van der Waals surface area contributed by atoms with Gasteiger partial charge in [-0.15, -0.1) is 0 Å². The van der Waals surface area contributed by atoms with Crippen molar-refractivity contribution in [3.05, 3.63) is 41.1 Å². The second-order valence-corrected chi connectivity index (χ2v) is 4.20. The lowest BCUT2D eigenvalue weighted by Crippen LogP contribution is -2.01. The average molecular weight is 282 g/mol. The maximum atomic E-state index is 13.8. The quantitative estimate of drug-likeness (QED) is 0.933. The van der Waals surface area contributed by atoms with Gasteiger partial charge in [0.25, 0.3) is 0 Å². The lowest BCUT2D eigenvalue weighted by atomic mass is 10.1. The molecule has 0 atom stereocenters. The van der Waals surface area contributed by atoms with Gasteiger partial charge >= 0.3 is 5.97 Å². The van der Waals surface area contributed by atoms with Crippen LogP contribution in [0.4, 0.5) is 8.78 Å². The van der Waals surface area contributed by atoms with Crippen molar-refractivity contribution in [3.8, 4) is 11.3 Å². The maximum absolute atomic E-state index is 13.8. The van der Waals surface area contributed by atoms with Gasteiger partial charge in [0.2, 0.25) is 0 Å². The van der Waals surface area contributed by atoms with Gasteiger partial charge in [0.1, 0.15) is 11.6 Å². The molecule has 1 heterocycles. The zero-order chi connectivity index (χ0) is 14.9.